The van der Waals surface area contributed by atoms with E-state index in [1.54, 1.807) is 6.20 Å². The van der Waals surface area contributed by atoms with Gasteiger partial charge in [0, 0.05) is 25.5 Å². The zero-order valence-electron chi connectivity index (χ0n) is 8.51. The van der Waals surface area contributed by atoms with Crippen molar-refractivity contribution in [2.24, 2.45) is 0 Å². The molecule has 0 aliphatic heterocycles. The van der Waals surface area contributed by atoms with Gasteiger partial charge < -0.3 is 10.2 Å². The van der Waals surface area contributed by atoms with Crippen molar-refractivity contribution in [3.05, 3.63) is 49.5 Å². The molecule has 2 nitrogen and oxygen atoms in total. The normalized spacial score (nSPS) is 10.5. The Kier molecular flexibility index (Phi) is 5.44. The number of allylic oxidation sites excluding steroid dienone is 1. The van der Waals surface area contributed by atoms with Crippen molar-refractivity contribution in [3.8, 4) is 0 Å². The fourth-order valence-electron chi connectivity index (χ4n) is 0.853. The summed E-state index contributed by atoms with van der Waals surface area (Å²) in [6.45, 7) is 14.0. The van der Waals surface area contributed by atoms with Crippen LogP contribution in [0.25, 0.3) is 0 Å². The maximum atomic E-state index is 3.85. The van der Waals surface area contributed by atoms with Gasteiger partial charge in [-0.05, 0) is 18.7 Å². The molecule has 0 aromatic rings. The largest absolute Gasteiger partial charge is 0.388 e. The van der Waals surface area contributed by atoms with Gasteiger partial charge in [0.05, 0.1) is 0 Å². The van der Waals surface area contributed by atoms with Gasteiger partial charge in [0.25, 0.3) is 0 Å². The van der Waals surface area contributed by atoms with Crippen molar-refractivity contribution in [3.63, 3.8) is 0 Å². The van der Waals surface area contributed by atoms with Crippen LogP contribution in [0.5, 0.6) is 0 Å². The first-order chi connectivity index (χ1) is 6.15. The van der Waals surface area contributed by atoms with Crippen LogP contribution in [0.1, 0.15) is 6.92 Å². The smallest absolute Gasteiger partial charge is 0.0397 e. The molecule has 0 rings (SSSR count). The van der Waals surface area contributed by atoms with Crippen molar-refractivity contribution in [2.45, 2.75) is 6.92 Å². The SMILES string of the molecule is C=CCN(C=C)/C=C(/C)C(=C)NC. The highest BCUT2D eigenvalue weighted by atomic mass is 15.1. The lowest BCUT2D eigenvalue weighted by atomic mass is 10.2. The van der Waals surface area contributed by atoms with Crippen LogP contribution in [0.15, 0.2) is 49.5 Å². The van der Waals surface area contributed by atoms with E-state index in [9.17, 15) is 0 Å². The summed E-state index contributed by atoms with van der Waals surface area (Å²) in [6.07, 6.45) is 5.56. The summed E-state index contributed by atoms with van der Waals surface area (Å²) >= 11 is 0. The number of likely N-dealkylation sites (N-methyl/N-ethyl adjacent to an activating group) is 1. The van der Waals surface area contributed by atoms with E-state index in [0.29, 0.717) is 0 Å². The van der Waals surface area contributed by atoms with E-state index in [2.05, 4.69) is 25.1 Å². The van der Waals surface area contributed by atoms with Crippen LogP contribution >= 0.6 is 0 Å². The van der Waals surface area contributed by atoms with Crippen LogP contribution in [0, 0.1) is 0 Å². The highest BCUT2D eigenvalue weighted by Gasteiger charge is 1.95. The third-order valence-electron chi connectivity index (χ3n) is 1.71. The van der Waals surface area contributed by atoms with E-state index in [-0.39, 0.29) is 0 Å². The Labute approximate surface area is 80.9 Å². The number of nitrogens with zero attached hydrogens (tertiary/aromatic N) is 1. The van der Waals surface area contributed by atoms with Crippen LogP contribution in [-0.2, 0) is 0 Å². The Hall–Kier alpha value is -1.44. The van der Waals surface area contributed by atoms with Gasteiger partial charge in [-0.1, -0.05) is 19.2 Å². The zero-order chi connectivity index (χ0) is 10.3. The summed E-state index contributed by atoms with van der Waals surface area (Å²) in [6, 6.07) is 0. The Morgan fingerprint density at radius 3 is 2.46 bits per heavy atom. The van der Waals surface area contributed by atoms with E-state index >= 15 is 0 Å². The molecule has 2 heteroatoms. The van der Waals surface area contributed by atoms with Crippen molar-refractivity contribution < 1.29 is 0 Å². The molecule has 0 saturated carbocycles. The molecule has 0 aromatic heterocycles. The van der Waals surface area contributed by atoms with Gasteiger partial charge in [-0.25, -0.2) is 0 Å². The van der Waals surface area contributed by atoms with Crippen molar-refractivity contribution >= 4 is 0 Å². The lowest BCUT2D eigenvalue weighted by Gasteiger charge is -2.14. The Morgan fingerprint density at radius 2 is 2.08 bits per heavy atom. The second-order valence-corrected chi connectivity index (χ2v) is 2.71. The van der Waals surface area contributed by atoms with E-state index in [4.69, 9.17) is 0 Å². The summed E-state index contributed by atoms with van der Waals surface area (Å²) in [5.74, 6) is 0. The van der Waals surface area contributed by atoms with Crippen molar-refractivity contribution in [1.29, 1.82) is 0 Å². The highest BCUT2D eigenvalue weighted by Crippen LogP contribution is 2.04. The van der Waals surface area contributed by atoms with Crippen LogP contribution < -0.4 is 5.32 Å². The van der Waals surface area contributed by atoms with Crippen LogP contribution in [0.4, 0.5) is 0 Å². The summed E-state index contributed by atoms with van der Waals surface area (Å²) < 4.78 is 0. The van der Waals surface area contributed by atoms with Gasteiger partial charge in [-0.3, -0.25) is 0 Å². The average Bonchev–Trinajstić information content (AvgIpc) is 2.15. The van der Waals surface area contributed by atoms with Crippen molar-refractivity contribution in [1.82, 2.24) is 10.2 Å². The zero-order valence-corrected chi connectivity index (χ0v) is 8.51. The van der Waals surface area contributed by atoms with Gasteiger partial charge in [0.2, 0.25) is 0 Å². The lowest BCUT2D eigenvalue weighted by molar-refractivity contribution is 0.563. The first-order valence-electron chi connectivity index (χ1n) is 4.20. The molecule has 0 aliphatic carbocycles. The quantitative estimate of drug-likeness (QED) is 0.496. The maximum Gasteiger partial charge on any atom is 0.0397 e. The number of rotatable bonds is 6. The van der Waals surface area contributed by atoms with E-state index in [1.165, 1.54) is 0 Å². The second kappa shape index (κ2) is 6.12. The molecule has 0 bridgehead atoms. The van der Waals surface area contributed by atoms with Crippen LogP contribution in [0.2, 0.25) is 0 Å². The number of nitrogens with one attached hydrogen (secondary N) is 1. The van der Waals surface area contributed by atoms with Gasteiger partial charge >= 0.3 is 0 Å². The number of hydrogen-bond acceptors (Lipinski definition) is 2. The van der Waals surface area contributed by atoms with Crippen molar-refractivity contribution in [2.75, 3.05) is 13.6 Å². The minimum Gasteiger partial charge on any atom is -0.388 e. The molecule has 13 heavy (non-hydrogen) atoms. The molecular weight excluding hydrogens is 160 g/mol. The number of hydrogen-bond donors (Lipinski definition) is 1. The molecule has 0 spiro atoms. The Balaban J connectivity index is 4.39. The molecule has 0 atom stereocenters. The molecular formula is C11H18N2. The predicted molar refractivity (Wildman–Crippen MR) is 59.1 cm³/mol. The first kappa shape index (κ1) is 11.6. The Morgan fingerprint density at radius 1 is 1.46 bits per heavy atom. The fraction of sp³-hybridized carbons (Fsp3) is 0.273. The van der Waals surface area contributed by atoms with Gasteiger partial charge in [0.15, 0.2) is 0 Å². The maximum absolute atomic E-state index is 3.85. The first-order valence-corrected chi connectivity index (χ1v) is 4.20. The average molecular weight is 178 g/mol. The molecule has 0 unspecified atom stereocenters. The standard InChI is InChI=1S/C11H18N2/c1-6-8-13(7-2)9-10(3)11(4)12-5/h6-7,9,12H,1-2,4,8H2,3,5H3/b10-9-. The van der Waals surface area contributed by atoms with E-state index in [1.807, 2.05) is 31.1 Å². The van der Waals surface area contributed by atoms with E-state index < -0.39 is 0 Å². The highest BCUT2D eigenvalue weighted by molar-refractivity contribution is 5.24. The monoisotopic (exact) mass is 178 g/mol. The molecule has 0 aliphatic rings. The molecule has 0 aromatic carbocycles. The van der Waals surface area contributed by atoms with Crippen LogP contribution in [0.3, 0.4) is 0 Å². The molecule has 0 radical (unpaired) electrons. The summed E-state index contributed by atoms with van der Waals surface area (Å²) in [7, 11) is 1.85. The molecule has 0 saturated heterocycles. The van der Waals surface area contributed by atoms with Crippen LogP contribution in [-0.4, -0.2) is 18.5 Å². The minimum atomic E-state index is 0.762. The van der Waals surface area contributed by atoms with Gasteiger partial charge in [0.1, 0.15) is 0 Å². The molecule has 0 amide bonds. The topological polar surface area (TPSA) is 15.3 Å². The summed E-state index contributed by atoms with van der Waals surface area (Å²) in [5.41, 5.74) is 2.00. The molecule has 72 valence electrons. The lowest BCUT2D eigenvalue weighted by Crippen LogP contribution is -2.12. The van der Waals surface area contributed by atoms with E-state index in [0.717, 1.165) is 17.8 Å². The predicted octanol–water partition coefficient (Wildman–Crippen LogP) is 2.25. The third-order valence-corrected chi connectivity index (χ3v) is 1.71. The van der Waals surface area contributed by atoms with Gasteiger partial charge in [-0.15, -0.1) is 6.58 Å². The minimum absolute atomic E-state index is 0.762. The fourth-order valence-corrected chi connectivity index (χ4v) is 0.853. The summed E-state index contributed by atoms with van der Waals surface area (Å²) in [4.78, 5) is 1.95. The molecule has 0 fully saturated rings. The molecule has 0 heterocycles. The Bertz CT molecular complexity index is 226. The second-order valence-electron chi connectivity index (χ2n) is 2.71. The third kappa shape index (κ3) is 4.21. The van der Waals surface area contributed by atoms with Gasteiger partial charge in [-0.2, -0.15) is 0 Å². The molecule has 1 N–H and O–H groups in total. The summed E-state index contributed by atoms with van der Waals surface area (Å²) in [5, 5.41) is 2.99.